The highest BCUT2D eigenvalue weighted by Crippen LogP contribution is 2.25. The maximum atomic E-state index is 11.6. The van der Waals surface area contributed by atoms with E-state index >= 15 is 0 Å². The molecule has 6 heteroatoms. The summed E-state index contributed by atoms with van der Waals surface area (Å²) in [5.74, 6) is -1.24. The number of carbonyl (C=O) groups is 1. The van der Waals surface area contributed by atoms with Crippen LogP contribution >= 0.6 is 0 Å². The molecule has 0 saturated heterocycles. The molecular formula is C13H14N2O4. The number of phenolic OH excluding ortho intramolecular Hbond substituents is 2. The Hall–Kier alpha value is -2.52. The van der Waals surface area contributed by atoms with E-state index in [1.165, 1.54) is 31.2 Å². The van der Waals surface area contributed by atoms with Gasteiger partial charge in [0.1, 0.15) is 11.6 Å². The summed E-state index contributed by atoms with van der Waals surface area (Å²) in [6.45, 7) is 1.55. The van der Waals surface area contributed by atoms with Gasteiger partial charge in [-0.25, -0.2) is 0 Å². The minimum Gasteiger partial charge on any atom is -0.504 e. The fourth-order valence-corrected chi connectivity index (χ4v) is 1.28. The molecule has 1 unspecified atom stereocenters. The van der Waals surface area contributed by atoms with Gasteiger partial charge in [-0.1, -0.05) is 6.07 Å². The first-order valence-corrected chi connectivity index (χ1v) is 5.54. The molecule has 1 aromatic carbocycles. The van der Waals surface area contributed by atoms with E-state index in [1.54, 1.807) is 6.07 Å². The summed E-state index contributed by atoms with van der Waals surface area (Å²) in [7, 11) is 0. The SMILES string of the molecule is CC(O)CNC(=O)/C(C#N)=C/c1ccc(O)c(O)c1. The van der Waals surface area contributed by atoms with Crippen molar-refractivity contribution in [1.29, 1.82) is 5.26 Å². The van der Waals surface area contributed by atoms with Gasteiger partial charge in [-0.3, -0.25) is 4.79 Å². The van der Waals surface area contributed by atoms with Gasteiger partial charge in [0.05, 0.1) is 6.10 Å². The first-order chi connectivity index (χ1) is 8.93. The van der Waals surface area contributed by atoms with Crippen LogP contribution in [0.5, 0.6) is 11.5 Å². The molecule has 0 spiro atoms. The van der Waals surface area contributed by atoms with Gasteiger partial charge < -0.3 is 20.6 Å². The maximum Gasteiger partial charge on any atom is 0.262 e. The zero-order valence-corrected chi connectivity index (χ0v) is 10.3. The number of nitriles is 1. The highest BCUT2D eigenvalue weighted by molar-refractivity contribution is 6.01. The van der Waals surface area contributed by atoms with E-state index in [-0.39, 0.29) is 23.6 Å². The number of phenols is 2. The summed E-state index contributed by atoms with van der Waals surface area (Å²) in [5, 5.41) is 38.8. The number of benzene rings is 1. The average Bonchev–Trinajstić information content (AvgIpc) is 2.37. The third kappa shape index (κ3) is 4.33. The van der Waals surface area contributed by atoms with Gasteiger partial charge in [-0.2, -0.15) is 5.26 Å². The predicted molar refractivity (Wildman–Crippen MR) is 68.1 cm³/mol. The fraction of sp³-hybridized carbons (Fsp3) is 0.231. The molecule has 0 heterocycles. The molecule has 1 atom stereocenters. The van der Waals surface area contributed by atoms with Crippen molar-refractivity contribution in [1.82, 2.24) is 5.32 Å². The van der Waals surface area contributed by atoms with Crippen LogP contribution in [0.25, 0.3) is 6.08 Å². The van der Waals surface area contributed by atoms with Gasteiger partial charge in [-0.15, -0.1) is 0 Å². The van der Waals surface area contributed by atoms with Crippen molar-refractivity contribution in [3.63, 3.8) is 0 Å². The third-order valence-electron chi connectivity index (χ3n) is 2.23. The summed E-state index contributed by atoms with van der Waals surface area (Å²) in [5.41, 5.74) is 0.241. The lowest BCUT2D eigenvalue weighted by Crippen LogP contribution is -2.31. The van der Waals surface area contributed by atoms with E-state index in [4.69, 9.17) is 15.5 Å². The number of aliphatic hydroxyl groups is 1. The summed E-state index contributed by atoms with van der Waals surface area (Å²) >= 11 is 0. The fourth-order valence-electron chi connectivity index (χ4n) is 1.28. The Morgan fingerprint density at radius 3 is 2.68 bits per heavy atom. The van der Waals surface area contributed by atoms with Crippen molar-refractivity contribution in [2.75, 3.05) is 6.54 Å². The van der Waals surface area contributed by atoms with Crippen molar-refractivity contribution in [3.05, 3.63) is 29.3 Å². The number of amides is 1. The van der Waals surface area contributed by atoms with E-state index < -0.39 is 12.0 Å². The molecule has 100 valence electrons. The van der Waals surface area contributed by atoms with Crippen LogP contribution in [-0.4, -0.2) is 33.9 Å². The monoisotopic (exact) mass is 262 g/mol. The lowest BCUT2D eigenvalue weighted by Gasteiger charge is -2.06. The quantitative estimate of drug-likeness (QED) is 0.358. The molecular weight excluding hydrogens is 248 g/mol. The number of nitrogens with zero attached hydrogens (tertiary/aromatic N) is 1. The molecule has 19 heavy (non-hydrogen) atoms. The molecule has 0 saturated carbocycles. The molecule has 0 fully saturated rings. The van der Waals surface area contributed by atoms with Crippen LogP contribution < -0.4 is 5.32 Å². The number of carbonyl (C=O) groups excluding carboxylic acids is 1. The van der Waals surface area contributed by atoms with Gasteiger partial charge in [0.2, 0.25) is 0 Å². The smallest absolute Gasteiger partial charge is 0.262 e. The number of aliphatic hydroxyl groups excluding tert-OH is 1. The minimum atomic E-state index is -0.707. The second-order valence-electron chi connectivity index (χ2n) is 3.98. The van der Waals surface area contributed by atoms with Crippen molar-refractivity contribution >= 4 is 12.0 Å². The lowest BCUT2D eigenvalue weighted by molar-refractivity contribution is -0.117. The van der Waals surface area contributed by atoms with Crippen LogP contribution in [0, 0.1) is 11.3 Å². The third-order valence-corrected chi connectivity index (χ3v) is 2.23. The number of hydrogen-bond donors (Lipinski definition) is 4. The lowest BCUT2D eigenvalue weighted by atomic mass is 10.1. The molecule has 6 nitrogen and oxygen atoms in total. The Bertz CT molecular complexity index is 544. The molecule has 1 amide bonds. The Morgan fingerprint density at radius 2 is 2.16 bits per heavy atom. The molecule has 0 aliphatic heterocycles. The van der Waals surface area contributed by atoms with Gasteiger partial charge in [0, 0.05) is 6.54 Å². The van der Waals surface area contributed by atoms with Crippen LogP contribution in [0.15, 0.2) is 23.8 Å². The van der Waals surface area contributed by atoms with Crippen LogP contribution in [0.4, 0.5) is 0 Å². The van der Waals surface area contributed by atoms with Crippen LogP contribution in [0.3, 0.4) is 0 Å². The summed E-state index contributed by atoms with van der Waals surface area (Å²) in [4.78, 5) is 11.6. The highest BCUT2D eigenvalue weighted by atomic mass is 16.3. The average molecular weight is 262 g/mol. The summed E-state index contributed by atoms with van der Waals surface area (Å²) in [6.07, 6.45) is 0.567. The van der Waals surface area contributed by atoms with Crippen LogP contribution in [0.2, 0.25) is 0 Å². The van der Waals surface area contributed by atoms with Gasteiger partial charge in [0.15, 0.2) is 11.5 Å². The maximum absolute atomic E-state index is 11.6. The van der Waals surface area contributed by atoms with E-state index in [1.807, 2.05) is 0 Å². The molecule has 0 bridgehead atoms. The Labute approximate surface area is 110 Å². The standard InChI is InChI=1S/C13H14N2O4/c1-8(16)7-15-13(19)10(6-14)4-9-2-3-11(17)12(18)5-9/h2-5,8,16-18H,7H2,1H3,(H,15,19)/b10-4+. The Kier molecular flexibility index (Phi) is 4.92. The molecule has 0 aromatic heterocycles. The zero-order chi connectivity index (χ0) is 14.4. The second-order valence-corrected chi connectivity index (χ2v) is 3.98. The topological polar surface area (TPSA) is 114 Å². The van der Waals surface area contributed by atoms with Crippen molar-refractivity contribution < 1.29 is 20.1 Å². The summed E-state index contributed by atoms with van der Waals surface area (Å²) in [6, 6.07) is 5.67. The predicted octanol–water partition coefficient (Wildman–Crippen LogP) is 0.502. The van der Waals surface area contributed by atoms with E-state index in [9.17, 15) is 9.90 Å². The number of hydrogen-bond acceptors (Lipinski definition) is 5. The van der Waals surface area contributed by atoms with E-state index in [2.05, 4.69) is 5.32 Å². The molecule has 0 radical (unpaired) electrons. The molecule has 4 N–H and O–H groups in total. The van der Waals surface area contributed by atoms with E-state index in [0.717, 1.165) is 0 Å². The molecule has 1 rings (SSSR count). The van der Waals surface area contributed by atoms with Crippen LogP contribution in [0.1, 0.15) is 12.5 Å². The molecule has 0 aliphatic carbocycles. The highest BCUT2D eigenvalue weighted by Gasteiger charge is 2.10. The first-order valence-electron chi connectivity index (χ1n) is 5.54. The van der Waals surface area contributed by atoms with Crippen molar-refractivity contribution in [2.45, 2.75) is 13.0 Å². The van der Waals surface area contributed by atoms with Gasteiger partial charge in [0.25, 0.3) is 5.91 Å². The minimum absolute atomic E-state index is 0.0404. The van der Waals surface area contributed by atoms with Gasteiger partial charge >= 0.3 is 0 Å². The Morgan fingerprint density at radius 1 is 1.47 bits per heavy atom. The Balaban J connectivity index is 2.90. The molecule has 1 aromatic rings. The van der Waals surface area contributed by atoms with Crippen molar-refractivity contribution in [3.8, 4) is 17.6 Å². The molecule has 0 aliphatic rings. The number of rotatable bonds is 4. The summed E-state index contributed by atoms with van der Waals surface area (Å²) < 4.78 is 0. The number of nitrogens with one attached hydrogen (secondary N) is 1. The normalized spacial score (nSPS) is 12.6. The largest absolute Gasteiger partial charge is 0.504 e. The van der Waals surface area contributed by atoms with E-state index in [0.29, 0.717) is 5.56 Å². The zero-order valence-electron chi connectivity index (χ0n) is 10.3. The first kappa shape index (κ1) is 14.5. The van der Waals surface area contributed by atoms with Crippen molar-refractivity contribution in [2.24, 2.45) is 0 Å². The number of aromatic hydroxyl groups is 2. The van der Waals surface area contributed by atoms with Gasteiger partial charge in [-0.05, 0) is 30.7 Å². The van der Waals surface area contributed by atoms with Crippen LogP contribution in [-0.2, 0) is 4.79 Å². The second kappa shape index (κ2) is 6.42.